The molecule has 0 saturated carbocycles. The summed E-state index contributed by atoms with van der Waals surface area (Å²) in [4.78, 5) is 0. The van der Waals surface area contributed by atoms with Crippen molar-refractivity contribution in [3.05, 3.63) is 63.7 Å². The number of benzene rings is 2. The first-order chi connectivity index (χ1) is 11.1. The van der Waals surface area contributed by atoms with Crippen molar-refractivity contribution in [1.29, 1.82) is 0 Å². The number of ether oxygens (including phenoxy) is 1. The van der Waals surface area contributed by atoms with E-state index in [2.05, 4.69) is 43.4 Å². The van der Waals surface area contributed by atoms with E-state index >= 15 is 0 Å². The van der Waals surface area contributed by atoms with Crippen molar-refractivity contribution < 1.29 is 33.2 Å². The fraction of sp³-hybridized carbons (Fsp3) is 0.400. The number of fused-ring (bicyclic) bond motifs is 5. The molecule has 0 saturated heterocycles. The van der Waals surface area contributed by atoms with Crippen LogP contribution in [0.1, 0.15) is 34.7 Å². The van der Waals surface area contributed by atoms with Crippen molar-refractivity contribution in [2.45, 2.75) is 25.3 Å². The highest BCUT2D eigenvalue weighted by Gasteiger charge is 2.42. The van der Waals surface area contributed by atoms with Crippen LogP contribution in [-0.4, -0.2) is 31.7 Å². The monoisotopic (exact) mass is 455 g/mol. The topological polar surface area (TPSA) is 9.23 Å². The Kier molecular flexibility index (Phi) is 5.14. The molecule has 24 heavy (non-hydrogen) atoms. The number of hydrogen-bond donors (Lipinski definition) is 0. The van der Waals surface area contributed by atoms with Crippen LogP contribution in [0.3, 0.4) is 0 Å². The second-order valence-corrected chi connectivity index (χ2v) is 7.47. The molecule has 0 fully saturated rings. The van der Waals surface area contributed by atoms with E-state index in [0.717, 1.165) is 21.7 Å². The van der Waals surface area contributed by atoms with Gasteiger partial charge in [0.25, 0.3) is 0 Å². The molecular weight excluding hydrogens is 433 g/mol. The lowest BCUT2D eigenvalue weighted by Crippen LogP contribution is -3.00. The zero-order chi connectivity index (χ0) is 16.0. The van der Waals surface area contributed by atoms with Crippen LogP contribution in [0.2, 0.25) is 5.02 Å². The first kappa shape index (κ1) is 18.0. The zero-order valence-corrected chi connectivity index (χ0v) is 17.1. The number of aryl methyl sites for hydroxylation is 1. The highest BCUT2D eigenvalue weighted by Crippen LogP contribution is 2.45. The maximum atomic E-state index is 6.37. The summed E-state index contributed by atoms with van der Waals surface area (Å²) < 4.78 is 6.60. The summed E-state index contributed by atoms with van der Waals surface area (Å²) in [5.41, 5.74) is 5.77. The lowest BCUT2D eigenvalue weighted by Gasteiger charge is -2.45. The molecule has 0 radical (unpaired) electrons. The zero-order valence-electron chi connectivity index (χ0n) is 14.2. The lowest BCUT2D eigenvalue weighted by molar-refractivity contribution is -0.935. The van der Waals surface area contributed by atoms with Gasteiger partial charge in [-0.1, -0.05) is 35.9 Å². The van der Waals surface area contributed by atoms with E-state index in [1.165, 1.54) is 48.2 Å². The SMILES string of the molecule is COc1cc2c(cc1Cl)CC[N+]1(C)CCCc3ccccc3C21.[I-]. The lowest BCUT2D eigenvalue weighted by atomic mass is 9.85. The number of likely N-dealkylation sites (N-methyl/N-ethyl adjacent to an activating group) is 1. The molecule has 2 aliphatic heterocycles. The van der Waals surface area contributed by atoms with E-state index in [0.29, 0.717) is 6.04 Å². The molecule has 2 heterocycles. The molecule has 0 aromatic heterocycles. The fourth-order valence-electron chi connectivity index (χ4n) is 4.48. The first-order valence-electron chi connectivity index (χ1n) is 8.41. The van der Waals surface area contributed by atoms with Crippen LogP contribution >= 0.6 is 11.6 Å². The number of methoxy groups -OCH3 is 1. The van der Waals surface area contributed by atoms with Gasteiger partial charge >= 0.3 is 0 Å². The molecule has 0 amide bonds. The quantitative estimate of drug-likeness (QED) is 0.467. The minimum Gasteiger partial charge on any atom is -1.00 e. The van der Waals surface area contributed by atoms with Crippen molar-refractivity contribution in [3.8, 4) is 5.75 Å². The van der Waals surface area contributed by atoms with Crippen LogP contribution in [0.25, 0.3) is 0 Å². The summed E-state index contributed by atoms with van der Waals surface area (Å²) in [5, 5.41) is 0.726. The van der Waals surface area contributed by atoms with Gasteiger partial charge in [0.05, 0.1) is 32.3 Å². The van der Waals surface area contributed by atoms with Gasteiger partial charge in [0.1, 0.15) is 11.8 Å². The third-order valence-corrected chi connectivity index (χ3v) is 5.98. The molecule has 2 aromatic rings. The Balaban J connectivity index is 0.00000169. The Bertz CT molecular complexity index is 763. The Hall–Kier alpha value is -0.780. The summed E-state index contributed by atoms with van der Waals surface area (Å²) in [5.74, 6) is 0.792. The third kappa shape index (κ3) is 2.85. The molecule has 4 heteroatoms. The number of quaternary nitrogens is 1. The van der Waals surface area contributed by atoms with Crippen LogP contribution in [0, 0.1) is 0 Å². The number of nitrogens with zero attached hydrogens (tertiary/aromatic N) is 1. The average molecular weight is 456 g/mol. The van der Waals surface area contributed by atoms with E-state index in [-0.39, 0.29) is 24.0 Å². The second-order valence-electron chi connectivity index (χ2n) is 7.07. The van der Waals surface area contributed by atoms with Crippen molar-refractivity contribution >= 4 is 11.6 Å². The molecule has 2 nitrogen and oxygen atoms in total. The molecule has 2 unspecified atom stereocenters. The standard InChI is InChI=1S/C20H23ClNO.HI/c1-22-10-5-7-14-6-3-4-8-16(14)20(22)17-13-19(23-2)18(21)12-15(17)9-11-22;/h3-4,6,8,12-13,20H,5,7,9-11H2,1-2H3;1H/q+1;/p-1. The van der Waals surface area contributed by atoms with Crippen molar-refractivity contribution in [1.82, 2.24) is 0 Å². The predicted molar refractivity (Wildman–Crippen MR) is 94.2 cm³/mol. The summed E-state index contributed by atoms with van der Waals surface area (Å²) in [7, 11) is 4.11. The van der Waals surface area contributed by atoms with Gasteiger partial charge in [-0.05, 0) is 29.7 Å². The van der Waals surface area contributed by atoms with Crippen molar-refractivity contribution in [2.75, 3.05) is 27.2 Å². The van der Waals surface area contributed by atoms with Crippen LogP contribution in [0.5, 0.6) is 5.75 Å². The summed E-state index contributed by atoms with van der Waals surface area (Å²) in [6.07, 6.45) is 3.53. The van der Waals surface area contributed by atoms with Gasteiger partial charge < -0.3 is 33.2 Å². The smallest absolute Gasteiger partial charge is 0.141 e. The molecule has 2 atom stereocenters. The minimum absolute atomic E-state index is 0. The molecule has 4 rings (SSSR count). The highest BCUT2D eigenvalue weighted by atomic mass is 127. The van der Waals surface area contributed by atoms with Gasteiger partial charge in [0.15, 0.2) is 0 Å². The van der Waals surface area contributed by atoms with Crippen molar-refractivity contribution in [2.24, 2.45) is 0 Å². The van der Waals surface area contributed by atoms with E-state index in [4.69, 9.17) is 16.3 Å². The molecular formula is C20H23ClINO. The minimum atomic E-state index is 0. The average Bonchev–Trinajstić information content (AvgIpc) is 2.70. The number of rotatable bonds is 1. The normalized spacial score (nSPS) is 24.7. The Labute approximate surface area is 166 Å². The summed E-state index contributed by atoms with van der Waals surface area (Å²) in [6, 6.07) is 13.7. The number of hydrogen-bond acceptors (Lipinski definition) is 1. The van der Waals surface area contributed by atoms with Gasteiger partial charge in [0, 0.05) is 24.0 Å². The molecule has 0 bridgehead atoms. The van der Waals surface area contributed by atoms with E-state index in [1.54, 1.807) is 7.11 Å². The Morgan fingerprint density at radius 3 is 2.62 bits per heavy atom. The van der Waals surface area contributed by atoms with Crippen LogP contribution in [0.15, 0.2) is 36.4 Å². The summed E-state index contributed by atoms with van der Waals surface area (Å²) >= 11 is 6.37. The maximum absolute atomic E-state index is 6.37. The van der Waals surface area contributed by atoms with E-state index in [1.807, 2.05) is 0 Å². The van der Waals surface area contributed by atoms with E-state index in [9.17, 15) is 0 Å². The van der Waals surface area contributed by atoms with Crippen LogP contribution < -0.4 is 28.7 Å². The Morgan fingerprint density at radius 2 is 1.83 bits per heavy atom. The van der Waals surface area contributed by atoms with Gasteiger partial charge in [-0.15, -0.1) is 0 Å². The van der Waals surface area contributed by atoms with E-state index < -0.39 is 0 Å². The van der Waals surface area contributed by atoms with Crippen molar-refractivity contribution in [3.63, 3.8) is 0 Å². The molecule has 128 valence electrons. The van der Waals surface area contributed by atoms with Gasteiger partial charge in [-0.2, -0.15) is 0 Å². The van der Waals surface area contributed by atoms with Crippen LogP contribution in [-0.2, 0) is 12.8 Å². The second kappa shape index (κ2) is 6.85. The molecule has 0 aliphatic carbocycles. The van der Waals surface area contributed by atoms with Crippen LogP contribution in [0.4, 0.5) is 0 Å². The summed E-state index contributed by atoms with van der Waals surface area (Å²) in [6.45, 7) is 2.40. The highest BCUT2D eigenvalue weighted by molar-refractivity contribution is 6.32. The predicted octanol–water partition coefficient (Wildman–Crippen LogP) is 1.39. The molecule has 0 N–H and O–H groups in total. The van der Waals surface area contributed by atoms with Gasteiger partial charge in [-0.25, -0.2) is 0 Å². The maximum Gasteiger partial charge on any atom is 0.141 e. The number of halogens is 2. The molecule has 2 aromatic carbocycles. The fourth-order valence-corrected chi connectivity index (χ4v) is 4.75. The van der Waals surface area contributed by atoms with Gasteiger partial charge in [-0.3, -0.25) is 0 Å². The Morgan fingerprint density at radius 1 is 1.04 bits per heavy atom. The first-order valence-corrected chi connectivity index (χ1v) is 8.78. The third-order valence-electron chi connectivity index (χ3n) is 5.69. The molecule has 0 spiro atoms. The molecule has 2 aliphatic rings. The largest absolute Gasteiger partial charge is 1.00 e. The van der Waals surface area contributed by atoms with Gasteiger partial charge in [0.2, 0.25) is 0 Å².